The molecule has 0 unspecified atom stereocenters. The van der Waals surface area contributed by atoms with Crippen LogP contribution in [0, 0.1) is 17.0 Å². The first-order valence-corrected chi connectivity index (χ1v) is 5.49. The van der Waals surface area contributed by atoms with Crippen molar-refractivity contribution in [1.82, 2.24) is 14.8 Å². The molecule has 0 N–H and O–H groups in total. The molecule has 0 aliphatic heterocycles. The summed E-state index contributed by atoms with van der Waals surface area (Å²) in [6.07, 6.45) is -4.59. The number of aryl methyl sites for hydroxylation is 1. The molecule has 0 aliphatic carbocycles. The van der Waals surface area contributed by atoms with E-state index < -0.39 is 16.9 Å². The minimum atomic E-state index is -4.59. The first-order valence-electron chi connectivity index (χ1n) is 5.49. The summed E-state index contributed by atoms with van der Waals surface area (Å²) in [4.78, 5) is 13.3. The highest BCUT2D eigenvalue weighted by Gasteiger charge is 2.36. The number of aromatic nitrogens is 3. The summed E-state index contributed by atoms with van der Waals surface area (Å²) in [5.41, 5.74) is 0.511. The number of nitrogens with zero attached hydrogens (tertiary/aromatic N) is 4. The fourth-order valence-electron chi connectivity index (χ4n) is 1.59. The van der Waals surface area contributed by atoms with Gasteiger partial charge in [0.15, 0.2) is 0 Å². The predicted molar refractivity (Wildman–Crippen MR) is 62.0 cm³/mol. The average Bonchev–Trinajstić information content (AvgIpc) is 2.71. The number of hydrogen-bond acceptors (Lipinski definition) is 4. The summed E-state index contributed by atoms with van der Waals surface area (Å²) >= 11 is 0. The van der Waals surface area contributed by atoms with E-state index in [9.17, 15) is 23.3 Å². The molecule has 1 aromatic carbocycles. The Morgan fingerprint density at radius 3 is 2.35 bits per heavy atom. The molecule has 0 aliphatic rings. The summed E-state index contributed by atoms with van der Waals surface area (Å²) in [6.45, 7) is 1.47. The minimum absolute atomic E-state index is 0.0624. The quantitative estimate of drug-likeness (QED) is 0.642. The second kappa shape index (κ2) is 4.91. The highest BCUT2D eigenvalue weighted by molar-refractivity contribution is 5.32. The van der Waals surface area contributed by atoms with Gasteiger partial charge in [-0.1, -0.05) is 12.1 Å². The smallest absolute Gasteiger partial charge is 0.258 e. The van der Waals surface area contributed by atoms with E-state index in [1.54, 1.807) is 0 Å². The summed E-state index contributed by atoms with van der Waals surface area (Å²) in [5.74, 6) is -1.08. The maximum absolute atomic E-state index is 12.4. The van der Waals surface area contributed by atoms with Gasteiger partial charge in [-0.05, 0) is 12.5 Å². The lowest BCUT2D eigenvalue weighted by Crippen LogP contribution is -2.09. The zero-order valence-electron chi connectivity index (χ0n) is 10.3. The zero-order chi connectivity index (χ0) is 14.9. The number of non-ortho nitro benzene ring substituents is 1. The molecule has 6 nitrogen and oxygen atoms in total. The van der Waals surface area contributed by atoms with E-state index in [1.165, 1.54) is 31.2 Å². The van der Waals surface area contributed by atoms with Gasteiger partial charge in [0.1, 0.15) is 5.82 Å². The third kappa shape index (κ3) is 2.92. The summed E-state index contributed by atoms with van der Waals surface area (Å²) < 4.78 is 38.4. The van der Waals surface area contributed by atoms with Crippen LogP contribution in [0.2, 0.25) is 0 Å². The number of halogens is 3. The van der Waals surface area contributed by atoms with Crippen LogP contribution in [-0.2, 0) is 12.7 Å². The normalized spacial score (nSPS) is 11.6. The van der Waals surface area contributed by atoms with Gasteiger partial charge in [0, 0.05) is 12.1 Å². The van der Waals surface area contributed by atoms with Crippen molar-refractivity contribution in [2.45, 2.75) is 19.6 Å². The van der Waals surface area contributed by atoms with Gasteiger partial charge in [0.05, 0.1) is 11.5 Å². The molecule has 0 spiro atoms. The van der Waals surface area contributed by atoms with Crippen molar-refractivity contribution in [3.05, 3.63) is 51.6 Å². The Labute approximate surface area is 111 Å². The number of nitro benzene ring substituents is 1. The number of alkyl halides is 3. The molecule has 0 bridgehead atoms. The Kier molecular flexibility index (Phi) is 3.43. The fourth-order valence-corrected chi connectivity index (χ4v) is 1.59. The monoisotopic (exact) mass is 286 g/mol. The van der Waals surface area contributed by atoms with E-state index in [-0.39, 0.29) is 18.1 Å². The van der Waals surface area contributed by atoms with Crippen molar-refractivity contribution in [3.8, 4) is 0 Å². The number of nitro groups is 1. The van der Waals surface area contributed by atoms with Crippen molar-refractivity contribution >= 4 is 5.69 Å². The van der Waals surface area contributed by atoms with E-state index >= 15 is 0 Å². The van der Waals surface area contributed by atoms with Gasteiger partial charge >= 0.3 is 6.18 Å². The average molecular weight is 286 g/mol. The van der Waals surface area contributed by atoms with Crippen LogP contribution in [0.1, 0.15) is 17.2 Å². The zero-order valence-corrected chi connectivity index (χ0v) is 10.3. The SMILES string of the molecule is Cc1nc(C(F)(F)F)nn1Cc1ccc([N+](=O)[O-])cc1. The Morgan fingerprint density at radius 1 is 1.30 bits per heavy atom. The first kappa shape index (κ1) is 14.0. The van der Waals surface area contributed by atoms with Gasteiger partial charge in [-0.25, -0.2) is 9.67 Å². The van der Waals surface area contributed by atoms with Gasteiger partial charge in [-0.2, -0.15) is 13.2 Å². The lowest BCUT2D eigenvalue weighted by molar-refractivity contribution is -0.384. The lowest BCUT2D eigenvalue weighted by Gasteiger charge is -2.03. The van der Waals surface area contributed by atoms with Crippen LogP contribution in [-0.4, -0.2) is 19.7 Å². The topological polar surface area (TPSA) is 73.8 Å². The lowest BCUT2D eigenvalue weighted by atomic mass is 10.2. The summed E-state index contributed by atoms with van der Waals surface area (Å²) in [7, 11) is 0. The molecule has 106 valence electrons. The van der Waals surface area contributed by atoms with Gasteiger partial charge in [-0.15, -0.1) is 5.10 Å². The molecule has 2 aromatic rings. The molecular weight excluding hydrogens is 277 g/mol. The highest BCUT2D eigenvalue weighted by Crippen LogP contribution is 2.26. The Balaban J connectivity index is 2.22. The number of hydrogen-bond donors (Lipinski definition) is 0. The molecule has 0 atom stereocenters. The van der Waals surface area contributed by atoms with Gasteiger partial charge in [-0.3, -0.25) is 10.1 Å². The van der Waals surface area contributed by atoms with E-state index in [2.05, 4.69) is 10.1 Å². The third-order valence-electron chi connectivity index (χ3n) is 2.59. The van der Waals surface area contributed by atoms with Gasteiger partial charge < -0.3 is 0 Å². The van der Waals surface area contributed by atoms with E-state index in [4.69, 9.17) is 0 Å². The van der Waals surface area contributed by atoms with Gasteiger partial charge in [0.2, 0.25) is 0 Å². The largest absolute Gasteiger partial charge is 0.453 e. The molecule has 1 aromatic heterocycles. The molecule has 0 fully saturated rings. The first-order chi connectivity index (χ1) is 9.27. The second-order valence-electron chi connectivity index (χ2n) is 4.06. The summed E-state index contributed by atoms with van der Waals surface area (Å²) in [5, 5.41) is 13.9. The molecule has 9 heteroatoms. The molecule has 1 heterocycles. The number of benzene rings is 1. The molecule has 0 amide bonds. The maximum atomic E-state index is 12.4. The van der Waals surface area contributed by atoms with E-state index in [0.717, 1.165) is 4.68 Å². The van der Waals surface area contributed by atoms with Crippen molar-refractivity contribution < 1.29 is 18.1 Å². The van der Waals surface area contributed by atoms with Crippen LogP contribution in [0.25, 0.3) is 0 Å². The maximum Gasteiger partial charge on any atom is 0.453 e. The van der Waals surface area contributed by atoms with Crippen LogP contribution in [0.4, 0.5) is 18.9 Å². The Morgan fingerprint density at radius 2 is 1.90 bits per heavy atom. The minimum Gasteiger partial charge on any atom is -0.258 e. The molecule has 0 saturated carbocycles. The third-order valence-corrected chi connectivity index (χ3v) is 2.59. The fraction of sp³-hybridized carbons (Fsp3) is 0.273. The van der Waals surface area contributed by atoms with Crippen LogP contribution in [0.5, 0.6) is 0 Å². The van der Waals surface area contributed by atoms with E-state index in [0.29, 0.717) is 5.56 Å². The van der Waals surface area contributed by atoms with Crippen molar-refractivity contribution in [1.29, 1.82) is 0 Å². The molecular formula is C11H9F3N4O2. The number of rotatable bonds is 3. The summed E-state index contributed by atoms with van der Waals surface area (Å²) in [6, 6.07) is 5.50. The van der Waals surface area contributed by atoms with Crippen LogP contribution in [0.15, 0.2) is 24.3 Å². The van der Waals surface area contributed by atoms with Crippen molar-refractivity contribution in [2.24, 2.45) is 0 Å². The second-order valence-corrected chi connectivity index (χ2v) is 4.06. The van der Waals surface area contributed by atoms with Crippen LogP contribution in [0.3, 0.4) is 0 Å². The molecule has 2 rings (SSSR count). The standard InChI is InChI=1S/C11H9F3N4O2/c1-7-15-10(11(12,13)14)16-17(7)6-8-2-4-9(5-3-8)18(19)20/h2-5H,6H2,1H3. The van der Waals surface area contributed by atoms with E-state index in [1.807, 2.05) is 0 Å². The Hall–Kier alpha value is -2.45. The van der Waals surface area contributed by atoms with Gasteiger partial charge in [0.25, 0.3) is 11.5 Å². The van der Waals surface area contributed by atoms with Crippen LogP contribution >= 0.6 is 0 Å². The highest BCUT2D eigenvalue weighted by atomic mass is 19.4. The predicted octanol–water partition coefficient (Wildman–Crippen LogP) is 2.56. The molecule has 0 radical (unpaired) electrons. The molecule has 0 saturated heterocycles. The van der Waals surface area contributed by atoms with Crippen molar-refractivity contribution in [3.63, 3.8) is 0 Å². The van der Waals surface area contributed by atoms with Crippen molar-refractivity contribution in [2.75, 3.05) is 0 Å². The van der Waals surface area contributed by atoms with Crippen LogP contribution < -0.4 is 0 Å². The Bertz CT molecular complexity index is 634. The molecule has 20 heavy (non-hydrogen) atoms.